The maximum absolute atomic E-state index is 11.5. The van der Waals surface area contributed by atoms with Gasteiger partial charge < -0.3 is 16.0 Å². The van der Waals surface area contributed by atoms with Crippen LogP contribution >= 0.6 is 0 Å². The smallest absolute Gasteiger partial charge is 0.267 e. The molecule has 1 amide bonds. The molecule has 1 atom stereocenters. The molecule has 1 aromatic heterocycles. The van der Waals surface area contributed by atoms with E-state index in [0.717, 1.165) is 36.2 Å². The van der Waals surface area contributed by atoms with Crippen LogP contribution in [0.15, 0.2) is 30.3 Å². The highest BCUT2D eigenvalue weighted by Crippen LogP contribution is 2.27. The molecule has 0 saturated carbocycles. The molecule has 1 aliphatic heterocycles. The van der Waals surface area contributed by atoms with Gasteiger partial charge >= 0.3 is 0 Å². The Labute approximate surface area is 117 Å². The monoisotopic (exact) mass is 270 g/mol. The van der Waals surface area contributed by atoms with E-state index in [-0.39, 0.29) is 0 Å². The fourth-order valence-electron chi connectivity index (χ4n) is 2.70. The number of nitrogens with one attached hydrogen (secondary N) is 1. The summed E-state index contributed by atoms with van der Waals surface area (Å²) in [4.78, 5) is 18.1. The van der Waals surface area contributed by atoms with Gasteiger partial charge in [-0.3, -0.25) is 4.79 Å². The SMILES string of the molecule is C[C@H]1CN(c2cc(C(N)=O)nc3ccccc23)CCN1. The highest BCUT2D eigenvalue weighted by atomic mass is 16.1. The molecule has 0 aliphatic carbocycles. The van der Waals surface area contributed by atoms with Crippen molar-refractivity contribution in [3.63, 3.8) is 0 Å². The summed E-state index contributed by atoms with van der Waals surface area (Å²) >= 11 is 0. The average molecular weight is 270 g/mol. The van der Waals surface area contributed by atoms with Gasteiger partial charge in [0.25, 0.3) is 5.91 Å². The number of piperazine rings is 1. The van der Waals surface area contributed by atoms with Gasteiger partial charge in [0, 0.05) is 36.7 Å². The van der Waals surface area contributed by atoms with E-state index < -0.39 is 5.91 Å². The van der Waals surface area contributed by atoms with Crippen molar-refractivity contribution in [3.8, 4) is 0 Å². The first-order valence-electron chi connectivity index (χ1n) is 6.83. The maximum Gasteiger partial charge on any atom is 0.267 e. The summed E-state index contributed by atoms with van der Waals surface area (Å²) < 4.78 is 0. The standard InChI is InChI=1S/C15H18N4O/c1-10-9-19(7-6-17-10)14-8-13(15(16)20)18-12-5-3-2-4-11(12)14/h2-5,8,10,17H,6-7,9H2,1H3,(H2,16,20)/t10-/m0/s1. The summed E-state index contributed by atoms with van der Waals surface area (Å²) in [7, 11) is 0. The van der Waals surface area contributed by atoms with Crippen LogP contribution in [0.25, 0.3) is 10.9 Å². The topological polar surface area (TPSA) is 71.2 Å². The minimum atomic E-state index is -0.486. The number of rotatable bonds is 2. The first-order chi connectivity index (χ1) is 9.65. The van der Waals surface area contributed by atoms with Crippen LogP contribution in [-0.2, 0) is 0 Å². The number of benzene rings is 1. The third-order valence-corrected chi connectivity index (χ3v) is 3.66. The number of para-hydroxylation sites is 1. The molecular formula is C15H18N4O. The first kappa shape index (κ1) is 12.9. The number of pyridine rings is 1. The van der Waals surface area contributed by atoms with E-state index in [4.69, 9.17) is 5.73 Å². The van der Waals surface area contributed by atoms with Crippen molar-refractivity contribution >= 4 is 22.5 Å². The Morgan fingerprint density at radius 1 is 1.45 bits per heavy atom. The van der Waals surface area contributed by atoms with Gasteiger partial charge in [-0.2, -0.15) is 0 Å². The van der Waals surface area contributed by atoms with E-state index in [1.165, 1.54) is 0 Å². The molecule has 3 N–H and O–H groups in total. The molecule has 1 aromatic carbocycles. The van der Waals surface area contributed by atoms with Crippen molar-refractivity contribution in [2.24, 2.45) is 5.73 Å². The van der Waals surface area contributed by atoms with Gasteiger partial charge in [0.15, 0.2) is 0 Å². The van der Waals surface area contributed by atoms with Crippen molar-refractivity contribution in [3.05, 3.63) is 36.0 Å². The van der Waals surface area contributed by atoms with Gasteiger partial charge in [-0.05, 0) is 19.1 Å². The number of hydrogen-bond donors (Lipinski definition) is 2. The number of anilines is 1. The Morgan fingerprint density at radius 2 is 2.25 bits per heavy atom. The Balaban J connectivity index is 2.14. The van der Waals surface area contributed by atoms with E-state index >= 15 is 0 Å². The summed E-state index contributed by atoms with van der Waals surface area (Å²) in [6, 6.07) is 10.1. The van der Waals surface area contributed by atoms with Crippen molar-refractivity contribution in [1.29, 1.82) is 0 Å². The van der Waals surface area contributed by atoms with Gasteiger partial charge in [0.1, 0.15) is 5.69 Å². The highest BCUT2D eigenvalue weighted by Gasteiger charge is 2.19. The number of aromatic nitrogens is 1. The second-order valence-electron chi connectivity index (χ2n) is 5.21. The molecule has 0 spiro atoms. The number of nitrogens with two attached hydrogens (primary N) is 1. The fourth-order valence-corrected chi connectivity index (χ4v) is 2.70. The van der Waals surface area contributed by atoms with Crippen LogP contribution in [0.4, 0.5) is 5.69 Å². The lowest BCUT2D eigenvalue weighted by atomic mass is 10.1. The molecule has 5 nitrogen and oxygen atoms in total. The van der Waals surface area contributed by atoms with Crippen LogP contribution < -0.4 is 16.0 Å². The molecule has 2 heterocycles. The number of hydrogen-bond acceptors (Lipinski definition) is 4. The first-order valence-corrected chi connectivity index (χ1v) is 6.83. The Bertz CT molecular complexity index is 655. The fraction of sp³-hybridized carbons (Fsp3) is 0.333. The molecule has 0 unspecified atom stereocenters. The molecule has 104 valence electrons. The molecule has 0 bridgehead atoms. The molecular weight excluding hydrogens is 252 g/mol. The van der Waals surface area contributed by atoms with Crippen LogP contribution in [0.3, 0.4) is 0 Å². The molecule has 1 aliphatic rings. The minimum Gasteiger partial charge on any atom is -0.368 e. The third-order valence-electron chi connectivity index (χ3n) is 3.66. The second kappa shape index (κ2) is 5.09. The summed E-state index contributed by atoms with van der Waals surface area (Å²) in [5.74, 6) is -0.486. The zero-order valence-corrected chi connectivity index (χ0v) is 11.5. The quantitative estimate of drug-likeness (QED) is 0.858. The van der Waals surface area contributed by atoms with Crippen LogP contribution in [0.2, 0.25) is 0 Å². The van der Waals surface area contributed by atoms with Gasteiger partial charge in [0.05, 0.1) is 5.52 Å². The van der Waals surface area contributed by atoms with E-state index in [9.17, 15) is 4.79 Å². The largest absolute Gasteiger partial charge is 0.368 e. The number of carbonyl (C=O) groups is 1. The molecule has 5 heteroatoms. The Kier molecular flexibility index (Phi) is 3.28. The summed E-state index contributed by atoms with van der Waals surface area (Å²) in [5.41, 5.74) is 7.57. The second-order valence-corrected chi connectivity index (χ2v) is 5.21. The van der Waals surface area contributed by atoms with Crippen molar-refractivity contribution in [1.82, 2.24) is 10.3 Å². The lowest BCUT2D eigenvalue weighted by molar-refractivity contribution is 0.0996. The van der Waals surface area contributed by atoms with E-state index in [1.54, 1.807) is 0 Å². The van der Waals surface area contributed by atoms with Crippen LogP contribution in [0, 0.1) is 0 Å². The summed E-state index contributed by atoms with van der Waals surface area (Å²) in [6.07, 6.45) is 0. The minimum absolute atomic E-state index is 0.324. The number of nitrogens with zero attached hydrogens (tertiary/aromatic N) is 2. The van der Waals surface area contributed by atoms with E-state index in [0.29, 0.717) is 11.7 Å². The zero-order valence-electron chi connectivity index (χ0n) is 11.5. The van der Waals surface area contributed by atoms with E-state index in [1.807, 2.05) is 30.3 Å². The molecule has 1 saturated heterocycles. The zero-order chi connectivity index (χ0) is 14.1. The van der Waals surface area contributed by atoms with Crippen molar-refractivity contribution in [2.75, 3.05) is 24.5 Å². The maximum atomic E-state index is 11.5. The lowest BCUT2D eigenvalue weighted by Gasteiger charge is -2.34. The predicted molar refractivity (Wildman–Crippen MR) is 79.9 cm³/mol. The summed E-state index contributed by atoms with van der Waals surface area (Å²) in [6.45, 7) is 4.91. The highest BCUT2D eigenvalue weighted by molar-refractivity contribution is 5.99. The molecule has 2 aromatic rings. The Morgan fingerprint density at radius 3 is 3.00 bits per heavy atom. The average Bonchev–Trinajstić information content (AvgIpc) is 2.46. The van der Waals surface area contributed by atoms with Crippen LogP contribution in [0.5, 0.6) is 0 Å². The lowest BCUT2D eigenvalue weighted by Crippen LogP contribution is -2.49. The number of amides is 1. The number of fused-ring (bicyclic) bond motifs is 1. The number of primary amides is 1. The third kappa shape index (κ3) is 2.32. The molecule has 0 radical (unpaired) electrons. The summed E-state index contributed by atoms with van der Waals surface area (Å²) in [5, 5.41) is 4.48. The van der Waals surface area contributed by atoms with Gasteiger partial charge in [0.2, 0.25) is 0 Å². The van der Waals surface area contributed by atoms with Gasteiger partial charge in [-0.15, -0.1) is 0 Å². The van der Waals surface area contributed by atoms with Gasteiger partial charge in [-0.1, -0.05) is 18.2 Å². The Hall–Kier alpha value is -2.14. The molecule has 20 heavy (non-hydrogen) atoms. The van der Waals surface area contributed by atoms with Crippen LogP contribution in [-0.4, -0.2) is 36.6 Å². The van der Waals surface area contributed by atoms with Crippen LogP contribution in [0.1, 0.15) is 17.4 Å². The molecule has 3 rings (SSSR count). The normalized spacial score (nSPS) is 19.2. The predicted octanol–water partition coefficient (Wildman–Crippen LogP) is 1.13. The number of carbonyl (C=O) groups excluding carboxylic acids is 1. The van der Waals surface area contributed by atoms with E-state index in [2.05, 4.69) is 22.1 Å². The van der Waals surface area contributed by atoms with Crippen molar-refractivity contribution in [2.45, 2.75) is 13.0 Å². The van der Waals surface area contributed by atoms with Gasteiger partial charge in [-0.25, -0.2) is 4.98 Å². The van der Waals surface area contributed by atoms with Crippen molar-refractivity contribution < 1.29 is 4.79 Å². The molecule has 1 fully saturated rings.